The van der Waals surface area contributed by atoms with Crippen LogP contribution in [0.1, 0.15) is 23.4 Å². The standard InChI is InChI=1S/C20H23N3O4/c24-19(14-23-11-13-27-17-5-2-1-4-16(17)23)21-15-7-9-22(10-8-15)20(25)18-6-3-12-26-18/h1-6,12,15H,7-11,13-14H2,(H,21,24). The Hall–Kier alpha value is -2.96. The lowest BCUT2D eigenvalue weighted by Gasteiger charge is -2.33. The molecular formula is C20H23N3O4. The van der Waals surface area contributed by atoms with Gasteiger partial charge in [-0.1, -0.05) is 12.1 Å². The minimum absolute atomic E-state index is 0.00233. The minimum atomic E-state index is -0.0882. The number of amides is 2. The van der Waals surface area contributed by atoms with Gasteiger partial charge in [-0.2, -0.15) is 0 Å². The topological polar surface area (TPSA) is 75.0 Å². The van der Waals surface area contributed by atoms with Crippen molar-refractivity contribution in [1.29, 1.82) is 0 Å². The molecule has 7 heteroatoms. The molecule has 1 N–H and O–H groups in total. The highest BCUT2D eigenvalue weighted by Crippen LogP contribution is 2.30. The molecule has 0 bridgehead atoms. The van der Waals surface area contributed by atoms with Crippen LogP contribution in [0, 0.1) is 0 Å². The van der Waals surface area contributed by atoms with Gasteiger partial charge in [0, 0.05) is 19.1 Å². The minimum Gasteiger partial charge on any atom is -0.490 e. The summed E-state index contributed by atoms with van der Waals surface area (Å²) in [6.45, 7) is 2.82. The fourth-order valence-corrected chi connectivity index (χ4v) is 3.62. The Morgan fingerprint density at radius 2 is 1.89 bits per heavy atom. The first-order chi connectivity index (χ1) is 13.2. The molecule has 0 spiro atoms. The summed E-state index contributed by atoms with van der Waals surface area (Å²) >= 11 is 0. The first kappa shape index (κ1) is 17.5. The third kappa shape index (κ3) is 3.92. The van der Waals surface area contributed by atoms with Crippen LogP contribution in [-0.2, 0) is 4.79 Å². The summed E-state index contributed by atoms with van der Waals surface area (Å²) in [6, 6.07) is 11.3. The summed E-state index contributed by atoms with van der Waals surface area (Å²) in [6.07, 6.45) is 3.00. The van der Waals surface area contributed by atoms with E-state index in [-0.39, 0.29) is 17.9 Å². The molecule has 2 aliphatic rings. The highest BCUT2D eigenvalue weighted by atomic mass is 16.5. The summed E-state index contributed by atoms with van der Waals surface area (Å²) in [5, 5.41) is 3.11. The number of ether oxygens (including phenoxy) is 1. The monoisotopic (exact) mass is 369 g/mol. The fourth-order valence-electron chi connectivity index (χ4n) is 3.62. The van der Waals surface area contributed by atoms with E-state index in [4.69, 9.17) is 9.15 Å². The van der Waals surface area contributed by atoms with Gasteiger partial charge in [0.2, 0.25) is 5.91 Å². The Morgan fingerprint density at radius 1 is 1.07 bits per heavy atom. The molecule has 0 saturated carbocycles. The molecule has 2 aliphatic heterocycles. The predicted molar refractivity (Wildman–Crippen MR) is 99.9 cm³/mol. The third-order valence-electron chi connectivity index (χ3n) is 5.04. The smallest absolute Gasteiger partial charge is 0.289 e. The number of likely N-dealkylation sites (tertiary alicyclic amines) is 1. The number of hydrogen-bond acceptors (Lipinski definition) is 5. The largest absolute Gasteiger partial charge is 0.490 e. The number of hydrogen-bond donors (Lipinski definition) is 1. The van der Waals surface area contributed by atoms with Gasteiger partial charge in [-0.05, 0) is 37.1 Å². The van der Waals surface area contributed by atoms with Crippen LogP contribution in [0.2, 0.25) is 0 Å². The zero-order valence-corrected chi connectivity index (χ0v) is 15.1. The van der Waals surface area contributed by atoms with Crippen molar-refractivity contribution >= 4 is 17.5 Å². The van der Waals surface area contributed by atoms with Crippen LogP contribution in [0.5, 0.6) is 5.75 Å². The zero-order chi connectivity index (χ0) is 18.6. The molecule has 2 aromatic rings. The Labute approximate surface area is 157 Å². The zero-order valence-electron chi connectivity index (χ0n) is 15.1. The van der Waals surface area contributed by atoms with E-state index in [1.54, 1.807) is 17.0 Å². The summed E-state index contributed by atoms with van der Waals surface area (Å²) in [5.74, 6) is 1.10. The molecule has 0 atom stereocenters. The number of benzene rings is 1. The third-order valence-corrected chi connectivity index (χ3v) is 5.04. The van der Waals surface area contributed by atoms with Gasteiger partial charge < -0.3 is 24.3 Å². The maximum absolute atomic E-state index is 12.5. The Morgan fingerprint density at radius 3 is 2.67 bits per heavy atom. The van der Waals surface area contributed by atoms with Crippen molar-refractivity contribution < 1.29 is 18.7 Å². The van der Waals surface area contributed by atoms with Crippen LogP contribution >= 0.6 is 0 Å². The van der Waals surface area contributed by atoms with E-state index in [1.165, 1.54) is 6.26 Å². The van der Waals surface area contributed by atoms with E-state index in [0.29, 0.717) is 38.5 Å². The summed E-state index contributed by atoms with van der Waals surface area (Å²) in [4.78, 5) is 28.6. The van der Waals surface area contributed by atoms with Crippen LogP contribution in [0.25, 0.3) is 0 Å². The van der Waals surface area contributed by atoms with E-state index in [2.05, 4.69) is 5.32 Å². The number of furan rings is 1. The second-order valence-electron chi connectivity index (χ2n) is 6.85. The molecule has 0 aliphatic carbocycles. The Balaban J connectivity index is 1.27. The molecular weight excluding hydrogens is 346 g/mol. The molecule has 3 heterocycles. The van der Waals surface area contributed by atoms with E-state index >= 15 is 0 Å². The predicted octanol–water partition coefficient (Wildman–Crippen LogP) is 1.90. The van der Waals surface area contributed by atoms with Crippen molar-refractivity contribution in [1.82, 2.24) is 10.2 Å². The van der Waals surface area contributed by atoms with Gasteiger partial charge in [-0.15, -0.1) is 0 Å². The molecule has 4 rings (SSSR count). The van der Waals surface area contributed by atoms with E-state index < -0.39 is 0 Å². The van der Waals surface area contributed by atoms with Gasteiger partial charge in [-0.25, -0.2) is 0 Å². The summed E-state index contributed by atoms with van der Waals surface area (Å²) in [5.41, 5.74) is 0.956. The highest BCUT2D eigenvalue weighted by Gasteiger charge is 2.27. The molecule has 0 unspecified atom stereocenters. The number of rotatable bonds is 4. The second-order valence-corrected chi connectivity index (χ2v) is 6.85. The van der Waals surface area contributed by atoms with Crippen molar-refractivity contribution in [2.45, 2.75) is 18.9 Å². The second kappa shape index (κ2) is 7.73. The molecule has 27 heavy (non-hydrogen) atoms. The first-order valence-corrected chi connectivity index (χ1v) is 9.29. The molecule has 2 amide bonds. The van der Waals surface area contributed by atoms with Crippen molar-refractivity contribution in [2.75, 3.05) is 37.7 Å². The Kier molecular flexibility index (Phi) is 5.00. The number of carbonyl (C=O) groups excluding carboxylic acids is 2. The van der Waals surface area contributed by atoms with Gasteiger partial charge >= 0.3 is 0 Å². The van der Waals surface area contributed by atoms with Crippen molar-refractivity contribution in [3.8, 4) is 5.75 Å². The lowest BCUT2D eigenvalue weighted by Crippen LogP contribution is -2.49. The maximum atomic E-state index is 12.5. The number of fused-ring (bicyclic) bond motifs is 1. The van der Waals surface area contributed by atoms with Gasteiger partial charge in [0.1, 0.15) is 12.4 Å². The van der Waals surface area contributed by atoms with Crippen molar-refractivity contribution in [2.24, 2.45) is 0 Å². The number of anilines is 1. The lowest BCUT2D eigenvalue weighted by atomic mass is 10.0. The van der Waals surface area contributed by atoms with Crippen LogP contribution in [0.3, 0.4) is 0 Å². The number of nitrogens with one attached hydrogen (secondary N) is 1. The van der Waals surface area contributed by atoms with Crippen LogP contribution in [-0.4, -0.2) is 55.5 Å². The molecule has 0 radical (unpaired) electrons. The van der Waals surface area contributed by atoms with Gasteiger partial charge in [-0.3, -0.25) is 9.59 Å². The molecule has 1 saturated heterocycles. The average molecular weight is 369 g/mol. The van der Waals surface area contributed by atoms with Crippen molar-refractivity contribution in [3.63, 3.8) is 0 Å². The molecule has 142 valence electrons. The van der Waals surface area contributed by atoms with Gasteiger partial charge in [0.05, 0.1) is 25.0 Å². The quantitative estimate of drug-likeness (QED) is 0.891. The van der Waals surface area contributed by atoms with Crippen LogP contribution in [0.4, 0.5) is 5.69 Å². The number of para-hydroxylation sites is 2. The highest BCUT2D eigenvalue weighted by molar-refractivity contribution is 5.91. The van der Waals surface area contributed by atoms with E-state index in [1.807, 2.05) is 29.2 Å². The van der Waals surface area contributed by atoms with Gasteiger partial charge in [0.15, 0.2) is 5.76 Å². The molecule has 7 nitrogen and oxygen atoms in total. The molecule has 1 aromatic heterocycles. The molecule has 1 aromatic carbocycles. The number of nitrogens with zero attached hydrogens (tertiary/aromatic N) is 2. The summed E-state index contributed by atoms with van der Waals surface area (Å²) < 4.78 is 10.8. The fraction of sp³-hybridized carbons (Fsp3) is 0.400. The van der Waals surface area contributed by atoms with Crippen LogP contribution < -0.4 is 15.0 Å². The number of carbonyl (C=O) groups is 2. The maximum Gasteiger partial charge on any atom is 0.289 e. The molecule has 1 fully saturated rings. The normalized spacial score (nSPS) is 17.2. The van der Waals surface area contributed by atoms with E-state index in [0.717, 1.165) is 24.3 Å². The lowest BCUT2D eigenvalue weighted by molar-refractivity contribution is -0.120. The average Bonchev–Trinajstić information content (AvgIpc) is 3.23. The van der Waals surface area contributed by atoms with Crippen LogP contribution in [0.15, 0.2) is 47.1 Å². The summed E-state index contributed by atoms with van der Waals surface area (Å²) in [7, 11) is 0. The van der Waals surface area contributed by atoms with E-state index in [9.17, 15) is 9.59 Å². The number of piperidine rings is 1. The van der Waals surface area contributed by atoms with Gasteiger partial charge in [0.25, 0.3) is 5.91 Å². The Bertz CT molecular complexity index is 797. The SMILES string of the molecule is O=C(CN1CCOc2ccccc21)NC1CCN(C(=O)c2ccco2)CC1. The first-order valence-electron chi connectivity index (χ1n) is 9.29. The van der Waals surface area contributed by atoms with Crippen molar-refractivity contribution in [3.05, 3.63) is 48.4 Å².